The average Bonchev–Trinajstić information content (AvgIpc) is 3.10. The van der Waals surface area contributed by atoms with Crippen LogP contribution in [0.2, 0.25) is 0 Å². The number of hydrogen-bond donors (Lipinski definition) is 1. The molecule has 7 heteroatoms. The van der Waals surface area contributed by atoms with E-state index in [9.17, 15) is 0 Å². The molecule has 0 radical (unpaired) electrons. The van der Waals surface area contributed by atoms with Gasteiger partial charge in [-0.2, -0.15) is 5.10 Å². The minimum absolute atomic E-state index is 0.700. The van der Waals surface area contributed by atoms with Crippen molar-refractivity contribution in [2.45, 2.75) is 20.4 Å². The normalized spacial score (nSPS) is 16.3. The van der Waals surface area contributed by atoms with Gasteiger partial charge in [-0.25, -0.2) is 9.97 Å². The van der Waals surface area contributed by atoms with Crippen LogP contribution in [0.15, 0.2) is 41.3 Å². The Bertz CT molecular complexity index is 954. The molecule has 1 aliphatic heterocycles. The second kappa shape index (κ2) is 7.78. The van der Waals surface area contributed by atoms with Crippen molar-refractivity contribution in [3.63, 3.8) is 0 Å². The van der Waals surface area contributed by atoms with Crippen LogP contribution in [0.5, 0.6) is 0 Å². The molecule has 0 saturated carbocycles. The molecule has 0 amide bonds. The number of hydrogen-bond acceptors (Lipinski definition) is 5. The summed E-state index contributed by atoms with van der Waals surface area (Å²) in [6.07, 6.45) is 3.74. The van der Waals surface area contributed by atoms with E-state index in [0.29, 0.717) is 5.65 Å². The molecule has 0 unspecified atom stereocenters. The van der Waals surface area contributed by atoms with Gasteiger partial charge in [0.15, 0.2) is 5.65 Å². The van der Waals surface area contributed by atoms with Gasteiger partial charge in [-0.05, 0) is 46.5 Å². The first kappa shape index (κ1) is 18.1. The fraction of sp³-hybridized carbons (Fsp3) is 0.350. The Morgan fingerprint density at radius 1 is 1.15 bits per heavy atom. The van der Waals surface area contributed by atoms with Crippen LogP contribution in [0.3, 0.4) is 0 Å². The molecular weight excluding hydrogens is 404 g/mol. The number of aromatic amines is 1. The zero-order chi connectivity index (χ0) is 18.8. The summed E-state index contributed by atoms with van der Waals surface area (Å²) in [4.78, 5) is 13.6. The predicted octanol–water partition coefficient (Wildman–Crippen LogP) is 3.86. The molecule has 0 bridgehead atoms. The highest BCUT2D eigenvalue weighted by Crippen LogP contribution is 2.28. The fourth-order valence-corrected chi connectivity index (χ4v) is 3.91. The number of fused-ring (bicyclic) bond motifs is 1. The number of halogens is 1. The van der Waals surface area contributed by atoms with E-state index in [1.807, 2.05) is 0 Å². The maximum absolute atomic E-state index is 4.51. The van der Waals surface area contributed by atoms with Crippen molar-refractivity contribution in [2.24, 2.45) is 0 Å². The van der Waals surface area contributed by atoms with Crippen molar-refractivity contribution >= 4 is 38.4 Å². The Labute approximate surface area is 167 Å². The Morgan fingerprint density at radius 2 is 1.89 bits per heavy atom. The highest BCUT2D eigenvalue weighted by atomic mass is 79.9. The molecule has 6 nitrogen and oxygen atoms in total. The minimum Gasteiger partial charge on any atom is -0.353 e. The van der Waals surface area contributed by atoms with Crippen LogP contribution < -0.4 is 4.90 Å². The van der Waals surface area contributed by atoms with Gasteiger partial charge in [0.25, 0.3) is 0 Å². The highest BCUT2D eigenvalue weighted by Gasteiger charge is 2.22. The Morgan fingerprint density at radius 3 is 2.59 bits per heavy atom. The number of H-pyrrole nitrogens is 1. The van der Waals surface area contributed by atoms with Crippen molar-refractivity contribution in [2.75, 3.05) is 31.1 Å². The maximum Gasteiger partial charge on any atom is 0.187 e. The van der Waals surface area contributed by atoms with E-state index >= 15 is 0 Å². The second-order valence-electron chi connectivity index (χ2n) is 6.87. The van der Waals surface area contributed by atoms with Crippen LogP contribution in [0, 0.1) is 0 Å². The van der Waals surface area contributed by atoms with Crippen LogP contribution in [-0.4, -0.2) is 51.2 Å². The number of allylic oxidation sites excluding steroid dienone is 2. The summed E-state index contributed by atoms with van der Waals surface area (Å²) >= 11 is 3.52. The highest BCUT2D eigenvalue weighted by molar-refractivity contribution is 9.10. The molecule has 0 aliphatic carbocycles. The molecule has 1 aliphatic rings. The van der Waals surface area contributed by atoms with Gasteiger partial charge in [0.2, 0.25) is 0 Å². The van der Waals surface area contributed by atoms with E-state index in [1.54, 1.807) is 6.33 Å². The van der Waals surface area contributed by atoms with Crippen molar-refractivity contribution in [3.8, 4) is 0 Å². The van der Waals surface area contributed by atoms with E-state index in [0.717, 1.165) is 48.5 Å². The first-order valence-electron chi connectivity index (χ1n) is 9.20. The summed E-state index contributed by atoms with van der Waals surface area (Å²) in [7, 11) is 0. The molecule has 27 heavy (non-hydrogen) atoms. The Hall–Kier alpha value is -2.25. The van der Waals surface area contributed by atoms with E-state index in [1.165, 1.54) is 16.7 Å². The first-order valence-corrected chi connectivity index (χ1v) is 9.99. The molecule has 0 spiro atoms. The van der Waals surface area contributed by atoms with Gasteiger partial charge in [-0.1, -0.05) is 30.3 Å². The number of aromatic nitrogens is 4. The molecule has 3 aromatic rings. The van der Waals surface area contributed by atoms with Crippen molar-refractivity contribution < 1.29 is 0 Å². The number of nitrogens with zero attached hydrogens (tertiary/aromatic N) is 5. The van der Waals surface area contributed by atoms with E-state index < -0.39 is 0 Å². The van der Waals surface area contributed by atoms with Crippen molar-refractivity contribution in [1.82, 2.24) is 25.1 Å². The van der Waals surface area contributed by atoms with Crippen LogP contribution in [-0.2, 0) is 6.54 Å². The van der Waals surface area contributed by atoms with Gasteiger partial charge in [0.1, 0.15) is 16.7 Å². The van der Waals surface area contributed by atoms with Crippen LogP contribution >= 0.6 is 15.9 Å². The molecule has 4 rings (SSSR count). The van der Waals surface area contributed by atoms with Gasteiger partial charge >= 0.3 is 0 Å². The Balaban J connectivity index is 1.41. The van der Waals surface area contributed by atoms with E-state index in [2.05, 4.69) is 90.1 Å². The molecular formula is C20H23BrN6. The lowest BCUT2D eigenvalue weighted by Gasteiger charge is -2.35. The molecule has 1 saturated heterocycles. The standard InChI is InChI=1S/C20H23BrN6/c1-3-14(2)16-6-4-15(5-7-16)12-26-8-10-27(11-9-26)20-17-18(21)24-25-19(17)22-13-23-20/h3-7,13H,8-12H2,1-2H3,(H,22,23,24,25)/b14-3+. The quantitative estimate of drug-likeness (QED) is 0.685. The van der Waals surface area contributed by atoms with Gasteiger partial charge in [0, 0.05) is 32.7 Å². The third-order valence-electron chi connectivity index (χ3n) is 5.21. The van der Waals surface area contributed by atoms with Crippen LogP contribution in [0.25, 0.3) is 16.6 Å². The molecule has 1 N–H and O–H groups in total. The van der Waals surface area contributed by atoms with E-state index in [-0.39, 0.29) is 0 Å². The van der Waals surface area contributed by atoms with Crippen LogP contribution in [0.4, 0.5) is 5.82 Å². The third kappa shape index (κ3) is 3.75. The van der Waals surface area contributed by atoms with Crippen molar-refractivity contribution in [1.29, 1.82) is 0 Å². The molecule has 3 heterocycles. The number of anilines is 1. The summed E-state index contributed by atoms with van der Waals surface area (Å²) in [6, 6.07) is 8.92. The second-order valence-corrected chi connectivity index (χ2v) is 7.66. The van der Waals surface area contributed by atoms with Gasteiger partial charge < -0.3 is 4.90 Å². The lowest BCUT2D eigenvalue weighted by atomic mass is 10.0. The van der Waals surface area contributed by atoms with Gasteiger partial charge in [-0.3, -0.25) is 10.00 Å². The number of nitrogens with one attached hydrogen (secondary N) is 1. The molecule has 1 aromatic carbocycles. The summed E-state index contributed by atoms with van der Waals surface area (Å²) in [6.45, 7) is 9.12. The zero-order valence-corrected chi connectivity index (χ0v) is 17.2. The smallest absolute Gasteiger partial charge is 0.187 e. The predicted molar refractivity (Wildman–Crippen MR) is 113 cm³/mol. The fourth-order valence-electron chi connectivity index (χ4n) is 3.46. The van der Waals surface area contributed by atoms with Crippen molar-refractivity contribution in [3.05, 3.63) is 52.4 Å². The topological polar surface area (TPSA) is 60.9 Å². The number of benzene rings is 1. The molecule has 1 fully saturated rings. The summed E-state index contributed by atoms with van der Waals surface area (Å²) in [5.41, 5.74) is 4.67. The van der Waals surface area contributed by atoms with Gasteiger partial charge in [-0.15, -0.1) is 0 Å². The Kier molecular flexibility index (Phi) is 5.22. The van der Waals surface area contributed by atoms with Gasteiger partial charge in [0.05, 0.1) is 5.39 Å². The lowest BCUT2D eigenvalue weighted by Crippen LogP contribution is -2.46. The molecule has 2 aromatic heterocycles. The largest absolute Gasteiger partial charge is 0.353 e. The van der Waals surface area contributed by atoms with Crippen LogP contribution in [0.1, 0.15) is 25.0 Å². The average molecular weight is 427 g/mol. The molecule has 140 valence electrons. The zero-order valence-electron chi connectivity index (χ0n) is 15.6. The summed E-state index contributed by atoms with van der Waals surface area (Å²) < 4.78 is 0.840. The SMILES string of the molecule is C/C=C(\C)c1ccc(CN2CCN(c3ncnc4n[nH]c(Br)c34)CC2)cc1. The minimum atomic E-state index is 0.700. The summed E-state index contributed by atoms with van der Waals surface area (Å²) in [5.74, 6) is 0.950. The maximum atomic E-state index is 4.51. The van der Waals surface area contributed by atoms with E-state index in [4.69, 9.17) is 0 Å². The number of rotatable bonds is 4. The first-order chi connectivity index (χ1) is 13.2. The summed E-state index contributed by atoms with van der Waals surface area (Å²) in [5, 5.41) is 8.10. The number of piperazine rings is 1. The lowest BCUT2D eigenvalue weighted by molar-refractivity contribution is 0.249. The third-order valence-corrected chi connectivity index (χ3v) is 5.78. The molecule has 0 atom stereocenters. The monoisotopic (exact) mass is 426 g/mol.